The van der Waals surface area contributed by atoms with E-state index >= 15 is 0 Å². The van der Waals surface area contributed by atoms with Gasteiger partial charge in [-0.1, -0.05) is 27.7 Å². The molecule has 0 aliphatic heterocycles. The van der Waals surface area contributed by atoms with E-state index in [1.165, 1.54) is 0 Å². The summed E-state index contributed by atoms with van der Waals surface area (Å²) in [4.78, 5) is 21.7. The summed E-state index contributed by atoms with van der Waals surface area (Å²) in [5.41, 5.74) is 0. The van der Waals surface area contributed by atoms with Crippen molar-refractivity contribution in [1.29, 1.82) is 0 Å². The average molecular weight is 309 g/mol. The maximum atomic E-state index is 11.5. The molecular formula is C12H25BF2N2O2P. The van der Waals surface area contributed by atoms with Crippen LogP contribution in [0.1, 0.15) is 40.5 Å². The van der Waals surface area contributed by atoms with E-state index in [2.05, 4.69) is 19.7 Å². The highest BCUT2D eigenvalue weighted by molar-refractivity contribution is 7.55. The van der Waals surface area contributed by atoms with Crippen molar-refractivity contribution in [3.8, 4) is 0 Å². The molecule has 0 aromatic carbocycles. The maximum absolute atomic E-state index is 11.5. The van der Waals surface area contributed by atoms with Crippen molar-refractivity contribution in [3.63, 3.8) is 0 Å². The van der Waals surface area contributed by atoms with E-state index in [0.29, 0.717) is 6.42 Å². The van der Waals surface area contributed by atoms with Crippen LogP contribution in [-0.4, -0.2) is 31.9 Å². The first-order valence-corrected chi connectivity index (χ1v) is 7.36. The zero-order valence-corrected chi connectivity index (χ0v) is 13.7. The Kier molecular flexibility index (Phi) is 14.3. The Morgan fingerprint density at radius 2 is 1.55 bits per heavy atom. The summed E-state index contributed by atoms with van der Waals surface area (Å²) in [7, 11) is 3.91. The molecule has 0 saturated carbocycles. The largest absolute Gasteiger partial charge is 0.399 e. The lowest BCUT2D eigenvalue weighted by Crippen LogP contribution is -2.32. The molecule has 4 nitrogen and oxygen atoms in total. The molecule has 2 amide bonds. The Balaban J connectivity index is 0. The van der Waals surface area contributed by atoms with Crippen molar-refractivity contribution in [3.05, 3.63) is 0 Å². The summed E-state index contributed by atoms with van der Waals surface area (Å²) in [5.74, 6) is -0.254. The fourth-order valence-corrected chi connectivity index (χ4v) is 1.11. The molecule has 0 spiro atoms. The van der Waals surface area contributed by atoms with Crippen LogP contribution in [0.15, 0.2) is 0 Å². The first kappa shape index (κ1) is 21.6. The summed E-state index contributed by atoms with van der Waals surface area (Å²) in [6.45, 7) is 6.91. The van der Waals surface area contributed by atoms with Gasteiger partial charge in [0.15, 0.2) is 0 Å². The molecule has 117 valence electrons. The number of carbonyl (C=O) groups excluding carboxylic acids is 2. The SMILES string of the molecule is CCC(C)C(=O)NCC(F)F.CCC(C)C(=O)N[B]P. The van der Waals surface area contributed by atoms with Crippen molar-refractivity contribution in [2.24, 2.45) is 11.8 Å². The highest BCUT2D eigenvalue weighted by atomic mass is 31.0. The van der Waals surface area contributed by atoms with Gasteiger partial charge in [-0.05, 0) is 12.8 Å². The van der Waals surface area contributed by atoms with Crippen molar-refractivity contribution in [2.45, 2.75) is 47.0 Å². The summed E-state index contributed by atoms with van der Waals surface area (Å²) < 4.78 is 23.1. The Hall–Kier alpha value is -0.705. The molecule has 0 saturated heterocycles. The standard InChI is InChI=1S/C7H13F2NO.C5H12BNOP/c1-3-5(2)7(11)10-4-6(8)9;1-3-4(2)5(8)7-6-9/h5-6H,3-4H2,1-2H3,(H,10,11);4H,3,9H2,1-2H3,(H,7,8). The van der Waals surface area contributed by atoms with Crippen molar-refractivity contribution in [2.75, 3.05) is 6.54 Å². The van der Waals surface area contributed by atoms with E-state index in [-0.39, 0.29) is 23.7 Å². The predicted molar refractivity (Wildman–Crippen MR) is 81.5 cm³/mol. The van der Waals surface area contributed by atoms with Crippen LogP contribution >= 0.6 is 9.12 Å². The Morgan fingerprint density at radius 1 is 1.10 bits per heavy atom. The summed E-state index contributed by atoms with van der Waals surface area (Å²) >= 11 is 0. The molecule has 20 heavy (non-hydrogen) atoms. The third-order valence-electron chi connectivity index (χ3n) is 2.78. The highest BCUT2D eigenvalue weighted by Gasteiger charge is 2.11. The van der Waals surface area contributed by atoms with Gasteiger partial charge in [0.05, 0.1) is 6.54 Å². The van der Waals surface area contributed by atoms with Crippen LogP contribution in [0, 0.1) is 11.8 Å². The minimum atomic E-state index is -2.46. The van der Waals surface area contributed by atoms with Crippen LogP contribution in [0.4, 0.5) is 8.78 Å². The molecular weight excluding hydrogens is 284 g/mol. The molecule has 2 N–H and O–H groups in total. The highest BCUT2D eigenvalue weighted by Crippen LogP contribution is 2.00. The van der Waals surface area contributed by atoms with Gasteiger partial charge < -0.3 is 10.5 Å². The number of hydrogen-bond acceptors (Lipinski definition) is 2. The quantitative estimate of drug-likeness (QED) is 0.558. The molecule has 0 fully saturated rings. The monoisotopic (exact) mass is 309 g/mol. The summed E-state index contributed by atoms with van der Waals surface area (Å²) in [6.07, 6.45) is -0.887. The fraction of sp³-hybridized carbons (Fsp3) is 0.833. The van der Waals surface area contributed by atoms with Gasteiger partial charge in [0.1, 0.15) is 0 Å². The second-order valence-electron chi connectivity index (χ2n) is 4.43. The van der Waals surface area contributed by atoms with Crippen molar-refractivity contribution in [1.82, 2.24) is 10.5 Å². The third kappa shape index (κ3) is 12.3. The number of hydrogen-bond donors (Lipinski definition) is 2. The van der Waals surface area contributed by atoms with Gasteiger partial charge in [0.2, 0.25) is 11.8 Å². The molecule has 0 bridgehead atoms. The van der Waals surface area contributed by atoms with E-state index in [0.717, 1.165) is 6.42 Å². The number of rotatable bonds is 7. The van der Waals surface area contributed by atoms with Gasteiger partial charge in [-0.2, -0.15) is 9.12 Å². The number of carbonyl (C=O) groups is 2. The predicted octanol–water partition coefficient (Wildman–Crippen LogP) is 1.97. The minimum Gasteiger partial charge on any atom is -0.399 e. The van der Waals surface area contributed by atoms with Crippen molar-refractivity contribution >= 4 is 28.1 Å². The molecule has 3 unspecified atom stereocenters. The lowest BCUT2D eigenvalue weighted by atomic mass is 10.1. The van der Waals surface area contributed by atoms with Crippen LogP contribution in [0.3, 0.4) is 0 Å². The van der Waals surface area contributed by atoms with Crippen LogP contribution in [-0.2, 0) is 9.59 Å². The molecule has 8 heteroatoms. The maximum Gasteiger partial charge on any atom is 0.273 e. The second kappa shape index (κ2) is 13.3. The summed E-state index contributed by atoms with van der Waals surface area (Å²) in [6, 6.07) is 0. The number of alkyl halides is 2. The van der Waals surface area contributed by atoms with E-state index < -0.39 is 13.0 Å². The molecule has 0 aliphatic carbocycles. The van der Waals surface area contributed by atoms with Gasteiger partial charge in [-0.15, -0.1) is 0 Å². The Morgan fingerprint density at radius 3 is 1.90 bits per heavy atom. The van der Waals surface area contributed by atoms with Crippen LogP contribution in [0.25, 0.3) is 0 Å². The molecule has 0 aliphatic rings. The fourth-order valence-electron chi connectivity index (χ4n) is 0.947. The van der Waals surface area contributed by atoms with Gasteiger partial charge in [-0.3, -0.25) is 9.59 Å². The lowest BCUT2D eigenvalue weighted by Gasteiger charge is -2.08. The molecule has 0 aromatic rings. The molecule has 0 rings (SSSR count). The molecule has 0 aromatic heterocycles. The van der Waals surface area contributed by atoms with E-state index in [9.17, 15) is 18.4 Å². The smallest absolute Gasteiger partial charge is 0.273 e. The van der Waals surface area contributed by atoms with Gasteiger partial charge in [0.25, 0.3) is 13.6 Å². The second-order valence-corrected chi connectivity index (χ2v) is 4.76. The number of halogens is 2. The zero-order chi connectivity index (χ0) is 16.1. The summed E-state index contributed by atoms with van der Waals surface area (Å²) in [5, 5.41) is 4.74. The topological polar surface area (TPSA) is 58.2 Å². The number of amides is 2. The van der Waals surface area contributed by atoms with Crippen molar-refractivity contribution < 1.29 is 18.4 Å². The van der Waals surface area contributed by atoms with Gasteiger partial charge in [0, 0.05) is 11.8 Å². The Labute approximate surface area is 123 Å². The van der Waals surface area contributed by atoms with Crippen LogP contribution < -0.4 is 10.5 Å². The molecule has 3 atom stereocenters. The van der Waals surface area contributed by atoms with E-state index in [4.69, 9.17) is 0 Å². The zero-order valence-electron chi connectivity index (χ0n) is 12.6. The average Bonchev–Trinajstić information content (AvgIpc) is 2.43. The molecule has 1 radical (unpaired) electrons. The first-order valence-electron chi connectivity index (χ1n) is 6.69. The third-order valence-corrected chi connectivity index (χ3v) is 2.94. The van der Waals surface area contributed by atoms with E-state index in [1.807, 2.05) is 20.8 Å². The van der Waals surface area contributed by atoms with Gasteiger partial charge >= 0.3 is 0 Å². The Bertz CT molecular complexity index is 284. The van der Waals surface area contributed by atoms with Gasteiger partial charge in [-0.25, -0.2) is 8.78 Å². The lowest BCUT2D eigenvalue weighted by molar-refractivity contribution is -0.125. The van der Waals surface area contributed by atoms with Crippen LogP contribution in [0.2, 0.25) is 0 Å². The van der Waals surface area contributed by atoms with Crippen LogP contribution in [0.5, 0.6) is 0 Å². The molecule has 0 heterocycles. The normalized spacial score (nSPS) is 12.8. The minimum absolute atomic E-state index is 0.0903. The number of nitrogens with one attached hydrogen (secondary N) is 2. The van der Waals surface area contributed by atoms with E-state index in [1.54, 1.807) is 14.1 Å². The first-order chi connectivity index (χ1) is 9.29.